The van der Waals surface area contributed by atoms with E-state index < -0.39 is 0 Å². The lowest BCUT2D eigenvalue weighted by atomic mass is 9.87. The first-order chi connectivity index (χ1) is 13.3. The number of rotatable bonds is 5. The highest BCUT2D eigenvalue weighted by Gasteiger charge is 2.12. The summed E-state index contributed by atoms with van der Waals surface area (Å²) in [5.74, 6) is -0.179. The van der Waals surface area contributed by atoms with Crippen LogP contribution < -0.4 is 5.32 Å². The SMILES string of the molecule is CCc1ccc(-c2csc(NC(=O)C=Cc3ccc(C(C)(C)C)cc3)n2)cc1. The zero-order valence-electron chi connectivity index (χ0n) is 16.8. The van der Waals surface area contributed by atoms with Crippen molar-refractivity contribution in [2.24, 2.45) is 0 Å². The first-order valence-electron chi connectivity index (χ1n) is 9.49. The molecule has 0 saturated carbocycles. The summed E-state index contributed by atoms with van der Waals surface area (Å²) in [6.45, 7) is 8.70. The Morgan fingerprint density at radius 1 is 1.07 bits per heavy atom. The first-order valence-corrected chi connectivity index (χ1v) is 10.4. The van der Waals surface area contributed by atoms with Gasteiger partial charge in [-0.2, -0.15) is 0 Å². The van der Waals surface area contributed by atoms with Crippen molar-refractivity contribution in [3.63, 3.8) is 0 Å². The number of nitrogens with zero attached hydrogens (tertiary/aromatic N) is 1. The number of aromatic nitrogens is 1. The molecule has 3 rings (SSSR count). The molecule has 1 N–H and O–H groups in total. The molecule has 0 aliphatic carbocycles. The molecule has 1 aromatic heterocycles. The quantitative estimate of drug-likeness (QED) is 0.518. The largest absolute Gasteiger partial charge is 0.298 e. The second-order valence-electron chi connectivity index (χ2n) is 7.78. The van der Waals surface area contributed by atoms with E-state index in [0.717, 1.165) is 23.2 Å². The Bertz CT molecular complexity index is 961. The molecular formula is C24H26N2OS. The van der Waals surface area contributed by atoms with Crippen LogP contribution in [0.1, 0.15) is 44.4 Å². The van der Waals surface area contributed by atoms with Gasteiger partial charge in [-0.1, -0.05) is 76.2 Å². The highest BCUT2D eigenvalue weighted by Crippen LogP contribution is 2.25. The Morgan fingerprint density at radius 2 is 1.75 bits per heavy atom. The molecule has 2 aromatic carbocycles. The van der Waals surface area contributed by atoms with Gasteiger partial charge in [0.05, 0.1) is 5.69 Å². The van der Waals surface area contributed by atoms with Crippen molar-refractivity contribution in [1.29, 1.82) is 0 Å². The van der Waals surface area contributed by atoms with Crippen LogP contribution in [0, 0.1) is 0 Å². The van der Waals surface area contributed by atoms with Crippen molar-refractivity contribution < 1.29 is 4.79 Å². The van der Waals surface area contributed by atoms with Crippen LogP contribution in [-0.4, -0.2) is 10.9 Å². The average Bonchev–Trinajstić information content (AvgIpc) is 3.14. The predicted octanol–water partition coefficient (Wildman–Crippen LogP) is 6.32. The van der Waals surface area contributed by atoms with Crippen LogP contribution in [-0.2, 0) is 16.6 Å². The Labute approximate surface area is 171 Å². The number of nitrogens with one attached hydrogen (secondary N) is 1. The monoisotopic (exact) mass is 390 g/mol. The maximum atomic E-state index is 12.2. The van der Waals surface area contributed by atoms with E-state index >= 15 is 0 Å². The molecule has 4 heteroatoms. The Hall–Kier alpha value is -2.72. The summed E-state index contributed by atoms with van der Waals surface area (Å²) in [5, 5.41) is 5.41. The number of benzene rings is 2. The van der Waals surface area contributed by atoms with Crippen molar-refractivity contribution in [3.8, 4) is 11.3 Å². The fourth-order valence-electron chi connectivity index (χ4n) is 2.79. The highest BCUT2D eigenvalue weighted by molar-refractivity contribution is 7.14. The fraction of sp³-hybridized carbons (Fsp3) is 0.250. The average molecular weight is 391 g/mol. The van der Waals surface area contributed by atoms with Gasteiger partial charge in [0.15, 0.2) is 5.13 Å². The number of carbonyl (C=O) groups excluding carboxylic acids is 1. The molecule has 0 radical (unpaired) electrons. The Morgan fingerprint density at radius 3 is 2.36 bits per heavy atom. The summed E-state index contributed by atoms with van der Waals surface area (Å²) in [5.41, 5.74) is 5.63. The van der Waals surface area contributed by atoms with Crippen LogP contribution in [0.5, 0.6) is 0 Å². The Balaban J connectivity index is 1.62. The first kappa shape index (κ1) is 20.0. The summed E-state index contributed by atoms with van der Waals surface area (Å²) >= 11 is 1.43. The van der Waals surface area contributed by atoms with E-state index in [1.165, 1.54) is 22.5 Å². The third-order valence-electron chi connectivity index (χ3n) is 4.60. The molecule has 0 fully saturated rings. The molecule has 0 atom stereocenters. The van der Waals surface area contributed by atoms with Crippen molar-refractivity contribution in [2.75, 3.05) is 5.32 Å². The topological polar surface area (TPSA) is 42.0 Å². The number of amides is 1. The molecule has 0 aliphatic heterocycles. The van der Waals surface area contributed by atoms with E-state index in [1.807, 2.05) is 23.6 Å². The number of carbonyl (C=O) groups is 1. The zero-order valence-corrected chi connectivity index (χ0v) is 17.6. The van der Waals surface area contributed by atoms with E-state index in [4.69, 9.17) is 0 Å². The van der Waals surface area contributed by atoms with Crippen molar-refractivity contribution in [3.05, 3.63) is 76.7 Å². The molecule has 0 spiro atoms. The van der Waals surface area contributed by atoms with Gasteiger partial charge in [-0.15, -0.1) is 11.3 Å². The van der Waals surface area contributed by atoms with E-state index in [-0.39, 0.29) is 11.3 Å². The third kappa shape index (κ3) is 5.17. The van der Waals surface area contributed by atoms with Gasteiger partial charge in [-0.3, -0.25) is 10.1 Å². The molecule has 144 valence electrons. The molecule has 28 heavy (non-hydrogen) atoms. The molecule has 0 aliphatic rings. The third-order valence-corrected chi connectivity index (χ3v) is 5.35. The molecule has 0 unspecified atom stereocenters. The molecule has 0 bridgehead atoms. The number of hydrogen-bond donors (Lipinski definition) is 1. The maximum absolute atomic E-state index is 12.2. The standard InChI is InChI=1S/C24H26N2OS/c1-5-17-6-11-19(12-7-17)21-16-28-23(25-21)26-22(27)15-10-18-8-13-20(14-9-18)24(2,3)4/h6-16H,5H2,1-4H3,(H,25,26,27). The van der Waals surface area contributed by atoms with Gasteiger partial charge in [0, 0.05) is 17.0 Å². The van der Waals surface area contributed by atoms with Crippen LogP contribution in [0.15, 0.2) is 60.0 Å². The summed E-state index contributed by atoms with van der Waals surface area (Å²) in [4.78, 5) is 16.7. The minimum Gasteiger partial charge on any atom is -0.298 e. The summed E-state index contributed by atoms with van der Waals surface area (Å²) in [7, 11) is 0. The minimum atomic E-state index is -0.179. The maximum Gasteiger partial charge on any atom is 0.250 e. The predicted molar refractivity (Wildman–Crippen MR) is 120 cm³/mol. The normalized spacial score (nSPS) is 11.7. The van der Waals surface area contributed by atoms with Crippen molar-refractivity contribution >= 4 is 28.5 Å². The van der Waals surface area contributed by atoms with Gasteiger partial charge >= 0.3 is 0 Å². The van der Waals surface area contributed by atoms with Gasteiger partial charge in [0.2, 0.25) is 5.91 Å². The van der Waals surface area contributed by atoms with Gasteiger partial charge in [-0.05, 0) is 34.6 Å². The molecular weight excluding hydrogens is 364 g/mol. The van der Waals surface area contributed by atoms with Crippen LogP contribution >= 0.6 is 11.3 Å². The lowest BCUT2D eigenvalue weighted by Crippen LogP contribution is -2.10. The van der Waals surface area contributed by atoms with Crippen molar-refractivity contribution in [2.45, 2.75) is 39.5 Å². The van der Waals surface area contributed by atoms with Gasteiger partial charge in [0.1, 0.15) is 0 Å². The highest BCUT2D eigenvalue weighted by atomic mass is 32.1. The van der Waals surface area contributed by atoms with E-state index in [1.54, 1.807) is 6.08 Å². The summed E-state index contributed by atoms with van der Waals surface area (Å²) in [6, 6.07) is 16.6. The van der Waals surface area contributed by atoms with E-state index in [0.29, 0.717) is 5.13 Å². The molecule has 1 amide bonds. The number of aryl methyl sites for hydroxylation is 1. The second-order valence-corrected chi connectivity index (χ2v) is 8.64. The molecule has 0 saturated heterocycles. The van der Waals surface area contributed by atoms with E-state index in [2.05, 4.69) is 74.4 Å². The summed E-state index contributed by atoms with van der Waals surface area (Å²) < 4.78 is 0. The van der Waals surface area contributed by atoms with Crippen LogP contribution in [0.4, 0.5) is 5.13 Å². The number of thiazole rings is 1. The minimum absolute atomic E-state index is 0.124. The lowest BCUT2D eigenvalue weighted by Gasteiger charge is -2.18. The summed E-state index contributed by atoms with van der Waals surface area (Å²) in [6.07, 6.45) is 4.38. The van der Waals surface area contributed by atoms with Crippen LogP contribution in [0.3, 0.4) is 0 Å². The Kier molecular flexibility index (Phi) is 6.10. The van der Waals surface area contributed by atoms with Gasteiger partial charge in [0.25, 0.3) is 0 Å². The van der Waals surface area contributed by atoms with Gasteiger partial charge < -0.3 is 0 Å². The zero-order chi connectivity index (χ0) is 20.1. The molecule has 3 nitrogen and oxygen atoms in total. The molecule has 3 aromatic rings. The van der Waals surface area contributed by atoms with E-state index in [9.17, 15) is 4.79 Å². The second kappa shape index (κ2) is 8.53. The van der Waals surface area contributed by atoms with Crippen molar-refractivity contribution in [1.82, 2.24) is 4.98 Å². The lowest BCUT2D eigenvalue weighted by molar-refractivity contribution is -0.111. The number of anilines is 1. The fourth-order valence-corrected chi connectivity index (χ4v) is 3.51. The van der Waals surface area contributed by atoms with Crippen LogP contribution in [0.2, 0.25) is 0 Å². The smallest absolute Gasteiger partial charge is 0.250 e. The van der Waals surface area contributed by atoms with Gasteiger partial charge in [-0.25, -0.2) is 4.98 Å². The number of hydrogen-bond acceptors (Lipinski definition) is 3. The molecule has 1 heterocycles. The van der Waals surface area contributed by atoms with Crippen LogP contribution in [0.25, 0.3) is 17.3 Å².